The first-order valence-electron chi connectivity index (χ1n) is 7.00. The molecule has 2 rings (SSSR count). The molecule has 6 heteroatoms. The van der Waals surface area contributed by atoms with E-state index in [2.05, 4.69) is 5.32 Å². The highest BCUT2D eigenvalue weighted by Crippen LogP contribution is 2.21. The molecule has 0 unspecified atom stereocenters. The van der Waals surface area contributed by atoms with E-state index in [0.29, 0.717) is 10.8 Å². The number of nitrogens with one attached hydrogen (secondary N) is 1. The maximum Gasteiger partial charge on any atom is 0.258 e. The Hall–Kier alpha value is -2.14. The van der Waals surface area contributed by atoms with Crippen LogP contribution < -0.4 is 10.1 Å². The summed E-state index contributed by atoms with van der Waals surface area (Å²) in [6.45, 7) is 3.23. The Morgan fingerprint density at radius 2 is 2.00 bits per heavy atom. The van der Waals surface area contributed by atoms with Crippen molar-refractivity contribution in [3.05, 3.63) is 64.2 Å². The van der Waals surface area contributed by atoms with Crippen LogP contribution in [0.5, 0.6) is 5.75 Å². The molecule has 1 atom stereocenters. The molecule has 122 valence electrons. The Morgan fingerprint density at radius 3 is 2.65 bits per heavy atom. The second kappa shape index (κ2) is 7.42. The van der Waals surface area contributed by atoms with Crippen LogP contribution in [0.4, 0.5) is 8.78 Å². The van der Waals surface area contributed by atoms with Crippen LogP contribution in [-0.2, 0) is 4.79 Å². The molecular formula is C17H16ClF2NO2. The molecule has 0 spiro atoms. The van der Waals surface area contributed by atoms with Crippen LogP contribution in [0.25, 0.3) is 0 Å². The zero-order chi connectivity index (χ0) is 17.0. The Morgan fingerprint density at radius 1 is 1.26 bits per heavy atom. The average molecular weight is 340 g/mol. The predicted molar refractivity (Wildman–Crippen MR) is 84.6 cm³/mol. The standard InChI is InChI=1S/C17H16ClF2NO2/c1-10-7-13(4-6-15(10)18)23-9-17(22)21-11(2)14-5-3-12(19)8-16(14)20/h3-8,11H,9H2,1-2H3,(H,21,22)/t11-/m0/s1. The molecule has 1 N–H and O–H groups in total. The molecule has 0 fully saturated rings. The predicted octanol–water partition coefficient (Wildman–Crippen LogP) is 4.18. The van der Waals surface area contributed by atoms with E-state index in [1.807, 2.05) is 6.92 Å². The molecule has 23 heavy (non-hydrogen) atoms. The van der Waals surface area contributed by atoms with E-state index in [0.717, 1.165) is 17.7 Å². The van der Waals surface area contributed by atoms with Crippen LogP contribution in [0.15, 0.2) is 36.4 Å². The largest absolute Gasteiger partial charge is 0.484 e. The van der Waals surface area contributed by atoms with Crippen molar-refractivity contribution >= 4 is 17.5 Å². The smallest absolute Gasteiger partial charge is 0.258 e. The van der Waals surface area contributed by atoms with Crippen molar-refractivity contribution in [3.8, 4) is 5.75 Å². The molecule has 0 saturated carbocycles. The number of halogens is 3. The minimum absolute atomic E-state index is 0.210. The molecule has 0 saturated heterocycles. The Kier molecular flexibility index (Phi) is 5.55. The van der Waals surface area contributed by atoms with Crippen molar-refractivity contribution in [3.63, 3.8) is 0 Å². The van der Waals surface area contributed by atoms with E-state index in [-0.39, 0.29) is 12.2 Å². The minimum Gasteiger partial charge on any atom is -0.484 e. The van der Waals surface area contributed by atoms with Gasteiger partial charge in [0.2, 0.25) is 0 Å². The second-order valence-corrected chi connectivity index (χ2v) is 5.56. The van der Waals surface area contributed by atoms with Crippen LogP contribution in [0.3, 0.4) is 0 Å². The van der Waals surface area contributed by atoms with E-state index < -0.39 is 23.6 Å². The van der Waals surface area contributed by atoms with Gasteiger partial charge in [0.25, 0.3) is 5.91 Å². The molecule has 0 aromatic heterocycles. The number of hydrogen-bond donors (Lipinski definition) is 1. The van der Waals surface area contributed by atoms with Gasteiger partial charge in [0.1, 0.15) is 17.4 Å². The van der Waals surface area contributed by atoms with E-state index in [4.69, 9.17) is 16.3 Å². The summed E-state index contributed by atoms with van der Waals surface area (Å²) in [5.74, 6) is -1.25. The lowest BCUT2D eigenvalue weighted by Gasteiger charge is -2.15. The van der Waals surface area contributed by atoms with Crippen molar-refractivity contribution in [2.24, 2.45) is 0 Å². The zero-order valence-corrected chi connectivity index (χ0v) is 13.5. The van der Waals surface area contributed by atoms with E-state index >= 15 is 0 Å². The molecule has 2 aromatic rings. The fourth-order valence-corrected chi connectivity index (χ4v) is 2.19. The van der Waals surface area contributed by atoms with Crippen molar-refractivity contribution in [2.75, 3.05) is 6.61 Å². The Bertz CT molecular complexity index is 722. The molecule has 1 amide bonds. The van der Waals surface area contributed by atoms with Crippen LogP contribution in [0, 0.1) is 18.6 Å². The van der Waals surface area contributed by atoms with Crippen LogP contribution in [0.1, 0.15) is 24.1 Å². The molecule has 0 aliphatic carbocycles. The number of carbonyl (C=O) groups excluding carboxylic acids is 1. The minimum atomic E-state index is -0.702. The zero-order valence-electron chi connectivity index (χ0n) is 12.7. The fraction of sp³-hybridized carbons (Fsp3) is 0.235. The average Bonchev–Trinajstić information content (AvgIpc) is 2.48. The van der Waals surface area contributed by atoms with Gasteiger partial charge in [-0.25, -0.2) is 8.78 Å². The summed E-state index contributed by atoms with van der Waals surface area (Å²) in [5.41, 5.74) is 1.05. The molecule has 0 aliphatic rings. The second-order valence-electron chi connectivity index (χ2n) is 5.15. The summed E-state index contributed by atoms with van der Waals surface area (Å²) in [7, 11) is 0. The molecule has 0 bridgehead atoms. The van der Waals surface area contributed by atoms with Gasteiger partial charge in [-0.1, -0.05) is 17.7 Å². The van der Waals surface area contributed by atoms with E-state index in [1.54, 1.807) is 25.1 Å². The van der Waals surface area contributed by atoms with Crippen LogP contribution in [0.2, 0.25) is 5.02 Å². The topological polar surface area (TPSA) is 38.3 Å². The maximum absolute atomic E-state index is 13.6. The van der Waals surface area contributed by atoms with Crippen molar-refractivity contribution in [1.29, 1.82) is 0 Å². The van der Waals surface area contributed by atoms with Crippen LogP contribution in [-0.4, -0.2) is 12.5 Å². The van der Waals surface area contributed by atoms with Crippen molar-refractivity contribution < 1.29 is 18.3 Å². The van der Waals surface area contributed by atoms with Gasteiger partial charge in [0.05, 0.1) is 6.04 Å². The first kappa shape index (κ1) is 17.2. The van der Waals surface area contributed by atoms with Gasteiger partial charge in [0.15, 0.2) is 6.61 Å². The number of aryl methyl sites for hydroxylation is 1. The first-order chi connectivity index (χ1) is 10.9. The van der Waals surface area contributed by atoms with E-state index in [1.165, 1.54) is 6.07 Å². The molecule has 2 aromatic carbocycles. The molecule has 0 heterocycles. The number of carbonyl (C=O) groups is 1. The molecular weight excluding hydrogens is 324 g/mol. The highest BCUT2D eigenvalue weighted by molar-refractivity contribution is 6.31. The van der Waals surface area contributed by atoms with Gasteiger partial charge in [-0.05, 0) is 43.7 Å². The van der Waals surface area contributed by atoms with Crippen LogP contribution >= 0.6 is 11.6 Å². The monoisotopic (exact) mass is 339 g/mol. The Balaban J connectivity index is 1.92. The number of rotatable bonds is 5. The summed E-state index contributed by atoms with van der Waals surface area (Å²) in [6, 6.07) is 7.70. The van der Waals surface area contributed by atoms with Gasteiger partial charge in [0, 0.05) is 16.7 Å². The third-order valence-electron chi connectivity index (χ3n) is 3.31. The van der Waals surface area contributed by atoms with Crippen molar-refractivity contribution in [2.45, 2.75) is 19.9 Å². The SMILES string of the molecule is Cc1cc(OCC(=O)N[C@@H](C)c2ccc(F)cc2F)ccc1Cl. The summed E-state index contributed by atoms with van der Waals surface area (Å²) in [6.07, 6.45) is 0. The van der Waals surface area contributed by atoms with Gasteiger partial charge in [-0.3, -0.25) is 4.79 Å². The van der Waals surface area contributed by atoms with Gasteiger partial charge < -0.3 is 10.1 Å². The number of ether oxygens (including phenoxy) is 1. The highest BCUT2D eigenvalue weighted by Gasteiger charge is 2.14. The lowest BCUT2D eigenvalue weighted by atomic mass is 10.1. The van der Waals surface area contributed by atoms with E-state index in [9.17, 15) is 13.6 Å². The maximum atomic E-state index is 13.6. The Labute approximate surface area is 138 Å². The fourth-order valence-electron chi connectivity index (χ4n) is 2.07. The van der Waals surface area contributed by atoms with Crippen molar-refractivity contribution in [1.82, 2.24) is 5.32 Å². The molecule has 3 nitrogen and oxygen atoms in total. The molecule has 0 radical (unpaired) electrons. The van der Waals surface area contributed by atoms with Gasteiger partial charge in [-0.15, -0.1) is 0 Å². The summed E-state index contributed by atoms with van der Waals surface area (Å²) >= 11 is 5.91. The lowest BCUT2D eigenvalue weighted by Crippen LogP contribution is -2.31. The summed E-state index contributed by atoms with van der Waals surface area (Å²) in [4.78, 5) is 11.9. The lowest BCUT2D eigenvalue weighted by molar-refractivity contribution is -0.123. The molecule has 0 aliphatic heterocycles. The number of benzene rings is 2. The normalized spacial score (nSPS) is 11.9. The van der Waals surface area contributed by atoms with Gasteiger partial charge >= 0.3 is 0 Å². The number of hydrogen-bond acceptors (Lipinski definition) is 2. The number of amides is 1. The first-order valence-corrected chi connectivity index (χ1v) is 7.38. The summed E-state index contributed by atoms with van der Waals surface area (Å²) < 4.78 is 31.9. The summed E-state index contributed by atoms with van der Waals surface area (Å²) in [5, 5.41) is 3.21. The quantitative estimate of drug-likeness (QED) is 0.887. The highest BCUT2D eigenvalue weighted by atomic mass is 35.5. The third kappa shape index (κ3) is 4.66. The third-order valence-corrected chi connectivity index (χ3v) is 3.73. The van der Waals surface area contributed by atoms with Gasteiger partial charge in [-0.2, -0.15) is 0 Å².